The molecule has 342 valence electrons. The van der Waals surface area contributed by atoms with E-state index < -0.39 is 10.8 Å². The van der Waals surface area contributed by atoms with E-state index in [1.807, 2.05) is 0 Å². The normalized spacial score (nSPS) is 13.6. The highest BCUT2D eigenvalue weighted by molar-refractivity contribution is 6.18. The van der Waals surface area contributed by atoms with Crippen LogP contribution in [0.3, 0.4) is 0 Å². The predicted octanol–water partition coefficient (Wildman–Crippen LogP) is 16.4. The van der Waals surface area contributed by atoms with Gasteiger partial charge in [-0.15, -0.1) is 0 Å². The van der Waals surface area contributed by atoms with E-state index in [1.54, 1.807) is 0 Å². The molecule has 0 N–H and O–H groups in total. The van der Waals surface area contributed by atoms with Crippen molar-refractivity contribution in [3.8, 4) is 45.8 Å². The van der Waals surface area contributed by atoms with Gasteiger partial charge in [-0.2, -0.15) is 10.5 Å². The number of fused-ring (bicyclic) bond motifs is 14. The van der Waals surface area contributed by atoms with E-state index in [0.717, 1.165) is 65.9 Å². The van der Waals surface area contributed by atoms with Crippen molar-refractivity contribution in [2.75, 3.05) is 0 Å². The Labute approximate surface area is 428 Å². The Hall–Kier alpha value is -10.0. The molecule has 0 bridgehead atoms. The van der Waals surface area contributed by atoms with Crippen molar-refractivity contribution in [2.24, 2.45) is 0 Å². The lowest BCUT2D eigenvalue weighted by atomic mass is 9.67. The summed E-state index contributed by atoms with van der Waals surface area (Å²) in [7, 11) is 0. The largest absolute Gasteiger partial charge is 0.307 e. The lowest BCUT2D eigenvalue weighted by Gasteiger charge is -2.33. The van der Waals surface area contributed by atoms with Crippen molar-refractivity contribution < 1.29 is 0 Å². The van der Waals surface area contributed by atoms with Crippen LogP contribution in [0.25, 0.3) is 77.2 Å². The standard InChI is InChI=1S/C70H42N4/c71-43-55-56(44-72)64(74-62-36-20-16-30-50(62)52-38-40-60-66(68(52)74)54-32-14-18-34-58(54)70(60,47-25-9-3-10-26-47)48-27-11-4-12-28-48)42-41-63(55)73-61-35-19-15-29-49(61)51-37-39-59-65(67(51)73)53-31-13-17-33-57(53)69(59,45-21-5-1-6-22-45)46-23-7-2-8-24-46/h1-42H. The van der Waals surface area contributed by atoms with Gasteiger partial charge in [0.2, 0.25) is 0 Å². The lowest BCUT2D eigenvalue weighted by Crippen LogP contribution is -2.28. The maximum absolute atomic E-state index is 11.7. The van der Waals surface area contributed by atoms with Crippen LogP contribution in [0, 0.1) is 22.7 Å². The highest BCUT2D eigenvalue weighted by atomic mass is 15.0. The van der Waals surface area contributed by atoms with Gasteiger partial charge in [0.1, 0.15) is 12.1 Å². The molecule has 0 saturated heterocycles. The molecular formula is C70H42N4. The van der Waals surface area contributed by atoms with Crippen molar-refractivity contribution in [1.82, 2.24) is 9.13 Å². The van der Waals surface area contributed by atoms with Gasteiger partial charge in [0.05, 0.1) is 55.4 Å². The number of hydrogen-bond donors (Lipinski definition) is 0. The molecular weight excluding hydrogens is 897 g/mol. The third-order valence-electron chi connectivity index (χ3n) is 16.4. The molecule has 0 fully saturated rings. The van der Waals surface area contributed by atoms with Crippen molar-refractivity contribution in [1.29, 1.82) is 10.5 Å². The first-order valence-corrected chi connectivity index (χ1v) is 25.2. The van der Waals surface area contributed by atoms with Crippen LogP contribution in [0.2, 0.25) is 0 Å². The fourth-order valence-corrected chi connectivity index (χ4v) is 13.6. The first-order chi connectivity index (χ1) is 36.7. The monoisotopic (exact) mass is 938 g/mol. The van der Waals surface area contributed by atoms with E-state index in [0.29, 0.717) is 22.5 Å². The minimum Gasteiger partial charge on any atom is -0.307 e. The van der Waals surface area contributed by atoms with Gasteiger partial charge in [-0.05, 0) is 79.9 Å². The molecule has 0 saturated carbocycles. The predicted molar refractivity (Wildman–Crippen MR) is 299 cm³/mol. The molecule has 11 aromatic carbocycles. The summed E-state index contributed by atoms with van der Waals surface area (Å²) in [4.78, 5) is 0. The Morgan fingerprint density at radius 2 is 0.608 bits per heavy atom. The first kappa shape index (κ1) is 41.8. The second-order valence-corrected chi connectivity index (χ2v) is 19.6. The van der Waals surface area contributed by atoms with Crippen molar-refractivity contribution >= 4 is 43.6 Å². The van der Waals surface area contributed by atoms with Gasteiger partial charge in [0.15, 0.2) is 0 Å². The lowest BCUT2D eigenvalue weighted by molar-refractivity contribution is 0.769. The maximum atomic E-state index is 11.7. The molecule has 2 heterocycles. The van der Waals surface area contributed by atoms with Gasteiger partial charge >= 0.3 is 0 Å². The first-order valence-electron chi connectivity index (χ1n) is 25.2. The van der Waals surface area contributed by atoms with Gasteiger partial charge in [0.25, 0.3) is 0 Å². The third kappa shape index (κ3) is 5.28. The summed E-state index contributed by atoms with van der Waals surface area (Å²) in [6.07, 6.45) is 0. The maximum Gasteiger partial charge on any atom is 0.103 e. The summed E-state index contributed by atoms with van der Waals surface area (Å²) in [6, 6.07) is 96.6. The number of nitrogens with zero attached hydrogens (tertiary/aromatic N) is 4. The molecule has 0 amide bonds. The smallest absolute Gasteiger partial charge is 0.103 e. The summed E-state index contributed by atoms with van der Waals surface area (Å²) in [5.41, 5.74) is 18.6. The van der Waals surface area contributed by atoms with E-state index >= 15 is 0 Å². The Morgan fingerprint density at radius 1 is 0.284 bits per heavy atom. The van der Waals surface area contributed by atoms with E-state index in [1.165, 1.54) is 44.5 Å². The van der Waals surface area contributed by atoms with E-state index in [-0.39, 0.29) is 0 Å². The van der Waals surface area contributed by atoms with Crippen LogP contribution < -0.4 is 0 Å². The van der Waals surface area contributed by atoms with Crippen LogP contribution >= 0.6 is 0 Å². The Kier molecular flexibility index (Phi) is 8.89. The molecule has 13 aromatic rings. The number of aromatic nitrogens is 2. The number of hydrogen-bond acceptors (Lipinski definition) is 2. The summed E-state index contributed by atoms with van der Waals surface area (Å²) in [5, 5.41) is 27.8. The van der Waals surface area contributed by atoms with Crippen LogP contribution in [0.4, 0.5) is 0 Å². The van der Waals surface area contributed by atoms with Crippen LogP contribution in [0.1, 0.15) is 55.6 Å². The van der Waals surface area contributed by atoms with E-state index in [9.17, 15) is 10.5 Å². The SMILES string of the molecule is N#Cc1c(-n2c3ccccc3c3ccc4c(c32)-c2ccccc2C4(c2ccccc2)c2ccccc2)ccc(-n2c3ccccc3c3ccc4c(c32)-c2ccccc2C4(c2ccccc2)c2ccccc2)c1C#N. The molecule has 4 nitrogen and oxygen atoms in total. The molecule has 4 heteroatoms. The number of nitriles is 2. The molecule has 2 aromatic heterocycles. The quantitative estimate of drug-likeness (QED) is 0.167. The van der Waals surface area contributed by atoms with E-state index in [2.05, 4.69) is 276 Å². The third-order valence-corrected chi connectivity index (χ3v) is 16.4. The Balaban J connectivity index is 1.05. The highest BCUT2D eigenvalue weighted by Gasteiger charge is 2.49. The fraction of sp³-hybridized carbons (Fsp3) is 0.0286. The zero-order chi connectivity index (χ0) is 49.1. The molecule has 0 unspecified atom stereocenters. The molecule has 0 spiro atoms. The van der Waals surface area contributed by atoms with Crippen molar-refractivity contribution in [3.63, 3.8) is 0 Å². The molecule has 2 aliphatic rings. The molecule has 15 rings (SSSR count). The van der Waals surface area contributed by atoms with Gasteiger partial charge in [0, 0.05) is 32.7 Å². The number of rotatable bonds is 6. The van der Waals surface area contributed by atoms with Gasteiger partial charge < -0.3 is 9.13 Å². The number of benzene rings is 11. The van der Waals surface area contributed by atoms with Crippen LogP contribution in [-0.4, -0.2) is 9.13 Å². The zero-order valence-corrected chi connectivity index (χ0v) is 40.0. The molecule has 0 radical (unpaired) electrons. The van der Waals surface area contributed by atoms with Gasteiger partial charge in [-0.25, -0.2) is 0 Å². The Morgan fingerprint density at radius 3 is 0.973 bits per heavy atom. The van der Waals surface area contributed by atoms with E-state index in [4.69, 9.17) is 0 Å². The summed E-state index contributed by atoms with van der Waals surface area (Å²) >= 11 is 0. The average Bonchev–Trinajstić information content (AvgIpc) is 4.24. The van der Waals surface area contributed by atoms with Crippen molar-refractivity contribution in [2.45, 2.75) is 10.8 Å². The molecule has 0 aliphatic heterocycles. The van der Waals surface area contributed by atoms with Gasteiger partial charge in [-0.3, -0.25) is 0 Å². The fourth-order valence-electron chi connectivity index (χ4n) is 13.6. The minimum atomic E-state index is -0.627. The summed E-state index contributed by atoms with van der Waals surface area (Å²) in [5.74, 6) is 0. The van der Waals surface area contributed by atoms with Crippen molar-refractivity contribution in [3.05, 3.63) is 310 Å². The molecule has 2 aliphatic carbocycles. The van der Waals surface area contributed by atoms with Gasteiger partial charge in [-0.1, -0.05) is 231 Å². The summed E-state index contributed by atoms with van der Waals surface area (Å²) < 4.78 is 4.53. The minimum absolute atomic E-state index is 0.316. The molecule has 74 heavy (non-hydrogen) atoms. The summed E-state index contributed by atoms with van der Waals surface area (Å²) in [6.45, 7) is 0. The highest BCUT2D eigenvalue weighted by Crippen LogP contribution is 2.61. The Bertz CT molecular complexity index is 4180. The van der Waals surface area contributed by atoms with Crippen LogP contribution in [-0.2, 0) is 10.8 Å². The second-order valence-electron chi connectivity index (χ2n) is 19.6. The molecule has 0 atom stereocenters. The second kappa shape index (κ2) is 15.8. The van der Waals surface area contributed by atoms with Crippen LogP contribution in [0.5, 0.6) is 0 Å². The van der Waals surface area contributed by atoms with Crippen LogP contribution in [0.15, 0.2) is 255 Å². The topological polar surface area (TPSA) is 57.4 Å². The average molecular weight is 939 g/mol. The number of para-hydroxylation sites is 2. The zero-order valence-electron chi connectivity index (χ0n) is 40.0.